The Morgan fingerprint density at radius 1 is 1.27 bits per heavy atom. The van der Waals surface area contributed by atoms with Gasteiger partial charge in [-0.1, -0.05) is 19.3 Å². The molecule has 2 amide bonds. The lowest BCUT2D eigenvalue weighted by Crippen LogP contribution is -2.31. The zero-order valence-electron chi connectivity index (χ0n) is 9.04. The van der Waals surface area contributed by atoms with Crippen molar-refractivity contribution >= 4 is 11.7 Å². The van der Waals surface area contributed by atoms with Gasteiger partial charge in [0, 0.05) is 5.71 Å². The van der Waals surface area contributed by atoms with E-state index >= 15 is 0 Å². The molecule has 2 fully saturated rings. The summed E-state index contributed by atoms with van der Waals surface area (Å²) in [6.07, 6.45) is 8.81. The number of hydrogen-bond donors (Lipinski definition) is 2. The van der Waals surface area contributed by atoms with E-state index in [1.54, 1.807) is 0 Å². The van der Waals surface area contributed by atoms with Crippen LogP contribution in [0.2, 0.25) is 0 Å². The number of hydrogen-bond acceptors (Lipinski definition) is 2. The number of amides is 2. The molecule has 84 valence electrons. The van der Waals surface area contributed by atoms with Crippen molar-refractivity contribution in [1.29, 1.82) is 0 Å². The fraction of sp³-hybridized carbons (Fsp3) is 0.818. The van der Waals surface area contributed by atoms with Crippen molar-refractivity contribution in [2.75, 3.05) is 0 Å². The Kier molecular flexibility index (Phi) is 3.23. The molecule has 0 aromatic heterocycles. The number of nitrogens with zero attached hydrogens (tertiary/aromatic N) is 1. The van der Waals surface area contributed by atoms with Crippen LogP contribution in [0.5, 0.6) is 0 Å². The molecule has 0 aromatic rings. The second-order valence-electron chi connectivity index (χ2n) is 4.70. The van der Waals surface area contributed by atoms with Crippen LogP contribution in [0.4, 0.5) is 4.79 Å². The van der Waals surface area contributed by atoms with E-state index in [2.05, 4.69) is 10.5 Å². The third kappa shape index (κ3) is 2.70. The van der Waals surface area contributed by atoms with Gasteiger partial charge in [0.05, 0.1) is 0 Å². The van der Waals surface area contributed by atoms with Crippen LogP contribution in [0.3, 0.4) is 0 Å². The van der Waals surface area contributed by atoms with Crippen molar-refractivity contribution in [2.45, 2.75) is 44.9 Å². The summed E-state index contributed by atoms with van der Waals surface area (Å²) in [6.45, 7) is 0. The van der Waals surface area contributed by atoms with E-state index in [9.17, 15) is 4.79 Å². The molecule has 4 nitrogen and oxygen atoms in total. The van der Waals surface area contributed by atoms with Crippen molar-refractivity contribution in [2.24, 2.45) is 22.7 Å². The SMILES string of the molecule is NC(=O)N/N=C1/CCC2CCCCC2C1. The number of nitrogens with two attached hydrogens (primary N) is 1. The van der Waals surface area contributed by atoms with Crippen LogP contribution < -0.4 is 11.2 Å². The van der Waals surface area contributed by atoms with E-state index in [0.29, 0.717) is 0 Å². The van der Waals surface area contributed by atoms with Crippen molar-refractivity contribution in [3.63, 3.8) is 0 Å². The van der Waals surface area contributed by atoms with Crippen LogP contribution in [-0.2, 0) is 0 Å². The van der Waals surface area contributed by atoms with Crippen LogP contribution in [0.15, 0.2) is 5.10 Å². The summed E-state index contributed by atoms with van der Waals surface area (Å²) < 4.78 is 0. The van der Waals surface area contributed by atoms with Crippen LogP contribution in [0, 0.1) is 11.8 Å². The van der Waals surface area contributed by atoms with Crippen LogP contribution in [0.1, 0.15) is 44.9 Å². The highest BCUT2D eigenvalue weighted by atomic mass is 16.2. The maximum Gasteiger partial charge on any atom is 0.332 e. The molecule has 2 aliphatic carbocycles. The molecule has 0 aromatic carbocycles. The number of carbonyl (C=O) groups is 1. The molecule has 4 heteroatoms. The fourth-order valence-electron chi connectivity index (χ4n) is 2.93. The van der Waals surface area contributed by atoms with E-state index in [4.69, 9.17) is 5.73 Å². The van der Waals surface area contributed by atoms with Gasteiger partial charge in [-0.05, 0) is 37.5 Å². The summed E-state index contributed by atoms with van der Waals surface area (Å²) in [6, 6.07) is -0.562. The first kappa shape index (κ1) is 10.5. The van der Waals surface area contributed by atoms with Gasteiger partial charge in [0.1, 0.15) is 0 Å². The maximum atomic E-state index is 10.5. The highest BCUT2D eigenvalue weighted by Gasteiger charge is 2.30. The molecule has 0 radical (unpaired) electrons. The normalized spacial score (nSPS) is 33.5. The molecule has 0 heterocycles. The van der Waals surface area contributed by atoms with E-state index in [1.807, 2.05) is 0 Å². The number of fused-ring (bicyclic) bond motifs is 1. The number of urea groups is 1. The standard InChI is InChI=1S/C11H19N3O/c12-11(15)14-13-10-6-5-8-3-1-2-4-9(8)7-10/h8-9H,1-7H2,(H3,12,14,15)/b13-10-. The summed E-state index contributed by atoms with van der Waals surface area (Å²) in [5, 5.41) is 4.07. The Labute approximate surface area is 90.3 Å². The quantitative estimate of drug-likeness (QED) is 0.637. The Morgan fingerprint density at radius 3 is 2.73 bits per heavy atom. The molecule has 3 N–H and O–H groups in total. The second kappa shape index (κ2) is 4.64. The molecule has 0 aliphatic heterocycles. The van der Waals surface area contributed by atoms with Gasteiger partial charge >= 0.3 is 6.03 Å². The number of primary amides is 1. The van der Waals surface area contributed by atoms with Crippen LogP contribution >= 0.6 is 0 Å². The zero-order chi connectivity index (χ0) is 10.7. The van der Waals surface area contributed by atoms with Gasteiger partial charge in [-0.2, -0.15) is 5.10 Å². The summed E-state index contributed by atoms with van der Waals surface area (Å²) in [5.74, 6) is 1.72. The predicted octanol–water partition coefficient (Wildman–Crippen LogP) is 2.00. The second-order valence-corrected chi connectivity index (χ2v) is 4.70. The molecule has 2 atom stereocenters. The highest BCUT2D eigenvalue weighted by Crippen LogP contribution is 2.39. The first-order valence-electron chi connectivity index (χ1n) is 5.86. The van der Waals surface area contributed by atoms with Crippen molar-refractivity contribution in [3.8, 4) is 0 Å². The van der Waals surface area contributed by atoms with E-state index in [-0.39, 0.29) is 0 Å². The first-order valence-corrected chi connectivity index (χ1v) is 5.86. The average molecular weight is 209 g/mol. The fourth-order valence-corrected chi connectivity index (χ4v) is 2.93. The summed E-state index contributed by atoms with van der Waals surface area (Å²) in [7, 11) is 0. The lowest BCUT2D eigenvalue weighted by Gasteiger charge is -2.35. The minimum atomic E-state index is -0.562. The molecule has 0 saturated heterocycles. The molecular weight excluding hydrogens is 190 g/mol. The van der Waals surface area contributed by atoms with Crippen LogP contribution in [0.25, 0.3) is 0 Å². The van der Waals surface area contributed by atoms with Crippen molar-refractivity contribution in [1.82, 2.24) is 5.43 Å². The van der Waals surface area contributed by atoms with Gasteiger partial charge in [-0.15, -0.1) is 0 Å². The third-order valence-corrected chi connectivity index (χ3v) is 3.69. The molecule has 0 bridgehead atoms. The minimum absolute atomic E-state index is 0.562. The van der Waals surface area contributed by atoms with E-state index in [1.165, 1.54) is 32.1 Å². The van der Waals surface area contributed by atoms with Gasteiger partial charge in [0.15, 0.2) is 0 Å². The van der Waals surface area contributed by atoms with Gasteiger partial charge in [0.25, 0.3) is 0 Å². The Balaban J connectivity index is 1.90. The molecular formula is C11H19N3O. The van der Waals surface area contributed by atoms with Gasteiger partial charge in [-0.25, -0.2) is 10.2 Å². The molecule has 2 saturated carbocycles. The average Bonchev–Trinajstić information content (AvgIpc) is 2.26. The number of nitrogens with one attached hydrogen (secondary N) is 1. The van der Waals surface area contributed by atoms with Gasteiger partial charge < -0.3 is 5.73 Å². The Bertz CT molecular complexity index is 275. The predicted molar refractivity (Wildman–Crippen MR) is 59.5 cm³/mol. The topological polar surface area (TPSA) is 67.5 Å². The minimum Gasteiger partial charge on any atom is -0.350 e. The molecule has 2 unspecified atom stereocenters. The first-order chi connectivity index (χ1) is 7.25. The number of carbonyl (C=O) groups excluding carboxylic acids is 1. The van der Waals surface area contributed by atoms with E-state index < -0.39 is 6.03 Å². The Morgan fingerprint density at radius 2 is 2.00 bits per heavy atom. The Hall–Kier alpha value is -1.06. The lowest BCUT2D eigenvalue weighted by atomic mass is 9.70. The summed E-state index contributed by atoms with van der Waals surface area (Å²) in [4.78, 5) is 10.5. The smallest absolute Gasteiger partial charge is 0.332 e. The monoisotopic (exact) mass is 209 g/mol. The summed E-state index contributed by atoms with van der Waals surface area (Å²) in [5.41, 5.74) is 8.44. The maximum absolute atomic E-state index is 10.5. The molecule has 15 heavy (non-hydrogen) atoms. The largest absolute Gasteiger partial charge is 0.350 e. The number of rotatable bonds is 1. The third-order valence-electron chi connectivity index (χ3n) is 3.69. The van der Waals surface area contributed by atoms with Gasteiger partial charge in [-0.3, -0.25) is 0 Å². The van der Waals surface area contributed by atoms with Crippen molar-refractivity contribution in [3.05, 3.63) is 0 Å². The van der Waals surface area contributed by atoms with Crippen LogP contribution in [-0.4, -0.2) is 11.7 Å². The highest BCUT2D eigenvalue weighted by molar-refractivity contribution is 5.86. The van der Waals surface area contributed by atoms with Gasteiger partial charge in [0.2, 0.25) is 0 Å². The lowest BCUT2D eigenvalue weighted by molar-refractivity contribution is 0.217. The molecule has 0 spiro atoms. The molecule has 2 aliphatic rings. The zero-order valence-corrected chi connectivity index (χ0v) is 9.04. The summed E-state index contributed by atoms with van der Waals surface area (Å²) >= 11 is 0. The number of hydrazone groups is 1. The van der Waals surface area contributed by atoms with Crippen molar-refractivity contribution < 1.29 is 4.79 Å². The molecule has 2 rings (SSSR count). The van der Waals surface area contributed by atoms with E-state index in [0.717, 1.165) is 30.4 Å².